The first-order chi connectivity index (χ1) is 9.48. The van der Waals surface area contributed by atoms with Crippen molar-refractivity contribution in [2.45, 2.75) is 25.8 Å². The molecule has 114 valence electrons. The van der Waals surface area contributed by atoms with Gasteiger partial charge in [-0.3, -0.25) is 4.79 Å². The van der Waals surface area contributed by atoms with Crippen LogP contribution in [-0.4, -0.2) is 77.5 Å². The van der Waals surface area contributed by atoms with E-state index in [1.165, 1.54) is 0 Å². The Hall–Kier alpha value is -1.34. The summed E-state index contributed by atoms with van der Waals surface area (Å²) in [5.74, 6) is -0.802. The lowest BCUT2D eigenvalue weighted by Crippen LogP contribution is -2.57. The van der Waals surface area contributed by atoms with Crippen LogP contribution >= 0.6 is 0 Å². The Bertz CT molecular complexity index is 379. The molecule has 0 saturated carbocycles. The number of morpholine rings is 1. The zero-order chi connectivity index (χ0) is 14.8. The highest BCUT2D eigenvalue weighted by Gasteiger charge is 2.40. The topological polar surface area (TPSA) is 90.3 Å². The number of carbonyl (C=O) groups is 2. The van der Waals surface area contributed by atoms with E-state index in [0.717, 1.165) is 0 Å². The molecule has 2 amide bonds. The van der Waals surface area contributed by atoms with Gasteiger partial charge in [-0.1, -0.05) is 0 Å². The summed E-state index contributed by atoms with van der Waals surface area (Å²) in [5, 5.41) is 18.5. The van der Waals surface area contributed by atoms with E-state index in [0.29, 0.717) is 45.7 Å². The molecule has 1 unspecified atom stereocenters. The van der Waals surface area contributed by atoms with Gasteiger partial charge in [0.1, 0.15) is 0 Å². The summed E-state index contributed by atoms with van der Waals surface area (Å²) in [6, 6.07) is -0.427. The van der Waals surface area contributed by atoms with Crippen LogP contribution < -0.4 is 0 Å². The average Bonchev–Trinajstić information content (AvgIpc) is 2.47. The number of rotatable bonds is 2. The molecule has 2 N–H and O–H groups in total. The highest BCUT2D eigenvalue weighted by Crippen LogP contribution is 2.31. The number of piperidine rings is 1. The number of hydrogen-bond acceptors (Lipinski definition) is 4. The van der Waals surface area contributed by atoms with Crippen molar-refractivity contribution in [2.75, 3.05) is 39.5 Å². The Labute approximate surface area is 118 Å². The molecule has 2 aliphatic heterocycles. The van der Waals surface area contributed by atoms with E-state index in [9.17, 15) is 19.8 Å². The molecular formula is C13H22N2O5. The Morgan fingerprint density at radius 3 is 2.50 bits per heavy atom. The van der Waals surface area contributed by atoms with Crippen LogP contribution in [0.15, 0.2) is 0 Å². The van der Waals surface area contributed by atoms with Crippen molar-refractivity contribution in [1.29, 1.82) is 0 Å². The number of carboxylic acids is 1. The first-order valence-electron chi connectivity index (χ1n) is 6.95. The fourth-order valence-electron chi connectivity index (χ4n) is 2.64. The number of nitrogens with zero attached hydrogens (tertiary/aromatic N) is 2. The van der Waals surface area contributed by atoms with E-state index in [1.54, 1.807) is 16.7 Å². The zero-order valence-corrected chi connectivity index (χ0v) is 11.7. The van der Waals surface area contributed by atoms with Gasteiger partial charge in [-0.15, -0.1) is 0 Å². The standard InChI is InChI=1S/C13H22N2O5/c1-13(11(17)18)2-4-14(5-3-13)12(19)15-6-7-20-9-10(15)8-16/h10,16H,2-9H2,1H3,(H,17,18). The van der Waals surface area contributed by atoms with Crippen molar-refractivity contribution in [3.8, 4) is 0 Å². The fraction of sp³-hybridized carbons (Fsp3) is 0.846. The van der Waals surface area contributed by atoms with Crippen LogP contribution in [0.2, 0.25) is 0 Å². The van der Waals surface area contributed by atoms with Crippen molar-refractivity contribution in [3.05, 3.63) is 0 Å². The number of urea groups is 1. The van der Waals surface area contributed by atoms with E-state index in [-0.39, 0.29) is 18.7 Å². The van der Waals surface area contributed by atoms with Gasteiger partial charge < -0.3 is 24.7 Å². The van der Waals surface area contributed by atoms with Gasteiger partial charge >= 0.3 is 12.0 Å². The van der Waals surface area contributed by atoms with Crippen LogP contribution in [0.3, 0.4) is 0 Å². The van der Waals surface area contributed by atoms with Crippen LogP contribution in [0.4, 0.5) is 4.79 Å². The maximum atomic E-state index is 12.4. The molecule has 0 aromatic heterocycles. The van der Waals surface area contributed by atoms with Gasteiger partial charge in [0.05, 0.1) is 31.3 Å². The van der Waals surface area contributed by atoms with Crippen molar-refractivity contribution >= 4 is 12.0 Å². The molecule has 1 atom stereocenters. The highest BCUT2D eigenvalue weighted by molar-refractivity contribution is 5.77. The molecule has 0 aromatic carbocycles. The Balaban J connectivity index is 1.96. The minimum absolute atomic E-state index is 0.119. The first-order valence-corrected chi connectivity index (χ1v) is 6.95. The summed E-state index contributed by atoms with van der Waals surface area (Å²) in [6.07, 6.45) is 0.921. The van der Waals surface area contributed by atoms with Gasteiger partial charge in [-0.25, -0.2) is 4.79 Å². The van der Waals surface area contributed by atoms with E-state index in [4.69, 9.17) is 4.74 Å². The molecule has 0 radical (unpaired) electrons. The summed E-state index contributed by atoms with van der Waals surface area (Å²) < 4.78 is 5.26. The van der Waals surface area contributed by atoms with E-state index >= 15 is 0 Å². The fourth-order valence-corrected chi connectivity index (χ4v) is 2.64. The summed E-state index contributed by atoms with van der Waals surface area (Å²) in [7, 11) is 0. The van der Waals surface area contributed by atoms with E-state index < -0.39 is 11.4 Å². The third kappa shape index (κ3) is 2.88. The summed E-state index contributed by atoms with van der Waals surface area (Å²) in [4.78, 5) is 26.9. The normalized spacial score (nSPS) is 26.4. The third-order valence-electron chi connectivity index (χ3n) is 4.34. The van der Waals surface area contributed by atoms with E-state index in [2.05, 4.69) is 0 Å². The zero-order valence-electron chi connectivity index (χ0n) is 11.7. The lowest BCUT2D eigenvalue weighted by Gasteiger charge is -2.42. The summed E-state index contributed by atoms with van der Waals surface area (Å²) in [5.41, 5.74) is -0.738. The second kappa shape index (κ2) is 5.97. The van der Waals surface area contributed by atoms with Crippen LogP contribution in [0.25, 0.3) is 0 Å². The highest BCUT2D eigenvalue weighted by atomic mass is 16.5. The molecule has 7 heteroatoms. The quantitative estimate of drug-likeness (QED) is 0.745. The lowest BCUT2D eigenvalue weighted by atomic mass is 9.80. The van der Waals surface area contributed by atoms with Gasteiger partial charge in [0.25, 0.3) is 0 Å². The molecule has 2 saturated heterocycles. The largest absolute Gasteiger partial charge is 0.481 e. The molecule has 0 aliphatic carbocycles. The average molecular weight is 286 g/mol. The van der Waals surface area contributed by atoms with Crippen LogP contribution in [0, 0.1) is 5.41 Å². The molecule has 7 nitrogen and oxygen atoms in total. The van der Waals surface area contributed by atoms with Gasteiger partial charge in [0.15, 0.2) is 0 Å². The van der Waals surface area contributed by atoms with Crippen LogP contribution in [0.5, 0.6) is 0 Å². The predicted octanol–water partition coefficient (Wildman–Crippen LogP) is -0.0138. The Morgan fingerprint density at radius 2 is 1.95 bits per heavy atom. The molecular weight excluding hydrogens is 264 g/mol. The minimum atomic E-state index is -0.802. The Kier molecular flexibility index (Phi) is 4.49. The molecule has 2 fully saturated rings. The number of amides is 2. The van der Waals surface area contributed by atoms with Crippen molar-refractivity contribution in [3.63, 3.8) is 0 Å². The molecule has 0 aromatic rings. The SMILES string of the molecule is CC1(C(=O)O)CCN(C(=O)N2CCOCC2CO)CC1. The molecule has 2 aliphatic rings. The molecule has 0 spiro atoms. The maximum Gasteiger partial charge on any atom is 0.320 e. The number of hydrogen-bond donors (Lipinski definition) is 2. The van der Waals surface area contributed by atoms with Crippen molar-refractivity contribution in [2.24, 2.45) is 5.41 Å². The second-order valence-corrected chi connectivity index (χ2v) is 5.74. The molecule has 2 rings (SSSR count). The van der Waals surface area contributed by atoms with E-state index in [1.807, 2.05) is 0 Å². The number of aliphatic hydroxyl groups excluding tert-OH is 1. The number of carboxylic acid groups (broad SMARTS) is 1. The minimum Gasteiger partial charge on any atom is -0.481 e. The van der Waals surface area contributed by atoms with Gasteiger partial charge in [0.2, 0.25) is 0 Å². The van der Waals surface area contributed by atoms with Gasteiger partial charge in [-0.05, 0) is 19.8 Å². The Morgan fingerprint density at radius 1 is 1.30 bits per heavy atom. The molecule has 20 heavy (non-hydrogen) atoms. The smallest absolute Gasteiger partial charge is 0.320 e. The molecule has 2 heterocycles. The van der Waals surface area contributed by atoms with Gasteiger partial charge in [-0.2, -0.15) is 0 Å². The predicted molar refractivity (Wildman–Crippen MR) is 70.3 cm³/mol. The van der Waals surface area contributed by atoms with Crippen molar-refractivity contribution < 1.29 is 24.5 Å². The summed E-state index contributed by atoms with van der Waals surface area (Å²) >= 11 is 0. The molecule has 0 bridgehead atoms. The third-order valence-corrected chi connectivity index (χ3v) is 4.34. The monoisotopic (exact) mass is 286 g/mol. The maximum absolute atomic E-state index is 12.4. The lowest BCUT2D eigenvalue weighted by molar-refractivity contribution is -0.150. The first kappa shape index (κ1) is 15.1. The second-order valence-electron chi connectivity index (χ2n) is 5.74. The van der Waals surface area contributed by atoms with Gasteiger partial charge in [0, 0.05) is 19.6 Å². The number of carbonyl (C=O) groups excluding carboxylic acids is 1. The number of aliphatic hydroxyl groups is 1. The number of ether oxygens (including phenoxy) is 1. The van der Waals surface area contributed by atoms with Crippen LogP contribution in [0.1, 0.15) is 19.8 Å². The van der Waals surface area contributed by atoms with Crippen LogP contribution in [-0.2, 0) is 9.53 Å². The number of likely N-dealkylation sites (tertiary alicyclic amines) is 1. The van der Waals surface area contributed by atoms with Crippen molar-refractivity contribution in [1.82, 2.24) is 9.80 Å². The summed E-state index contributed by atoms with van der Waals surface area (Å²) in [6.45, 7) is 3.78. The number of aliphatic carboxylic acids is 1.